The van der Waals surface area contributed by atoms with E-state index in [1.807, 2.05) is 0 Å². The summed E-state index contributed by atoms with van der Waals surface area (Å²) in [5, 5.41) is 0.405. The van der Waals surface area contributed by atoms with Crippen LogP contribution in [0.2, 0.25) is 5.02 Å². The first-order valence-electron chi connectivity index (χ1n) is 5.54. The van der Waals surface area contributed by atoms with Gasteiger partial charge in [-0.15, -0.1) is 0 Å². The molecule has 2 rings (SSSR count). The van der Waals surface area contributed by atoms with Gasteiger partial charge in [-0.2, -0.15) is 0 Å². The second-order valence-corrected chi connectivity index (χ2v) is 6.03. The molecule has 2 aromatic carbocycles. The van der Waals surface area contributed by atoms with Gasteiger partial charge < -0.3 is 4.74 Å². The minimum atomic E-state index is -3.83. The van der Waals surface area contributed by atoms with E-state index >= 15 is 0 Å². The number of hydrogen-bond donors (Lipinski definition) is 1. The summed E-state index contributed by atoms with van der Waals surface area (Å²) in [6.07, 6.45) is 0. The third kappa shape index (κ3) is 3.20. The van der Waals surface area contributed by atoms with Crippen molar-refractivity contribution >= 4 is 27.3 Å². The predicted molar refractivity (Wildman–Crippen MR) is 75.2 cm³/mol. The molecule has 0 spiro atoms. The van der Waals surface area contributed by atoms with Gasteiger partial charge in [-0.3, -0.25) is 4.72 Å². The van der Waals surface area contributed by atoms with E-state index in [-0.39, 0.29) is 10.6 Å². The van der Waals surface area contributed by atoms with Crippen molar-refractivity contribution in [2.75, 3.05) is 11.8 Å². The van der Waals surface area contributed by atoms with Gasteiger partial charge in [0.1, 0.15) is 0 Å². The van der Waals surface area contributed by atoms with E-state index in [2.05, 4.69) is 4.72 Å². The topological polar surface area (TPSA) is 55.4 Å². The van der Waals surface area contributed by atoms with E-state index in [0.717, 1.165) is 18.2 Å². The first-order valence-corrected chi connectivity index (χ1v) is 7.40. The van der Waals surface area contributed by atoms with Crippen LogP contribution in [-0.2, 0) is 10.0 Å². The van der Waals surface area contributed by atoms with Gasteiger partial charge in [0, 0.05) is 11.1 Å². The SMILES string of the molecule is COc1cc(S(=O)(=O)Nc2cccc(Cl)c2)ccc1F. The van der Waals surface area contributed by atoms with Crippen LogP contribution < -0.4 is 9.46 Å². The molecule has 0 saturated heterocycles. The monoisotopic (exact) mass is 315 g/mol. The van der Waals surface area contributed by atoms with Crippen LogP contribution in [0.25, 0.3) is 0 Å². The number of sulfonamides is 1. The largest absolute Gasteiger partial charge is 0.494 e. The summed E-state index contributed by atoms with van der Waals surface area (Å²) in [6.45, 7) is 0. The molecule has 0 aliphatic rings. The summed E-state index contributed by atoms with van der Waals surface area (Å²) in [6, 6.07) is 9.58. The summed E-state index contributed by atoms with van der Waals surface area (Å²) in [5.74, 6) is -0.770. The molecule has 0 atom stereocenters. The smallest absolute Gasteiger partial charge is 0.262 e. The van der Waals surface area contributed by atoms with Crippen molar-refractivity contribution in [1.82, 2.24) is 0 Å². The van der Waals surface area contributed by atoms with Gasteiger partial charge in [0.05, 0.1) is 17.7 Å². The van der Waals surface area contributed by atoms with Crippen LogP contribution in [0.15, 0.2) is 47.4 Å². The Balaban J connectivity index is 2.35. The highest BCUT2D eigenvalue weighted by molar-refractivity contribution is 7.92. The molecule has 0 amide bonds. The highest BCUT2D eigenvalue weighted by Crippen LogP contribution is 2.24. The fourth-order valence-electron chi connectivity index (χ4n) is 1.57. The molecule has 2 aromatic rings. The Morgan fingerprint density at radius 2 is 1.95 bits per heavy atom. The van der Waals surface area contributed by atoms with Crippen molar-refractivity contribution in [2.45, 2.75) is 4.90 Å². The number of methoxy groups -OCH3 is 1. The number of nitrogens with one attached hydrogen (secondary N) is 1. The second kappa shape index (κ2) is 5.68. The Kier molecular flexibility index (Phi) is 4.15. The molecule has 106 valence electrons. The molecule has 0 aliphatic carbocycles. The Labute approximate surface area is 121 Å². The molecule has 4 nitrogen and oxygen atoms in total. The lowest BCUT2D eigenvalue weighted by molar-refractivity contribution is 0.385. The third-order valence-corrected chi connectivity index (χ3v) is 4.12. The minimum absolute atomic E-state index is 0.101. The second-order valence-electron chi connectivity index (χ2n) is 3.91. The molecule has 0 bridgehead atoms. The number of rotatable bonds is 4. The number of hydrogen-bond acceptors (Lipinski definition) is 3. The zero-order chi connectivity index (χ0) is 14.8. The molecule has 0 fully saturated rings. The first kappa shape index (κ1) is 14.6. The van der Waals surface area contributed by atoms with Gasteiger partial charge in [0.2, 0.25) is 0 Å². The van der Waals surface area contributed by atoms with Crippen molar-refractivity contribution in [1.29, 1.82) is 0 Å². The van der Waals surface area contributed by atoms with Crippen molar-refractivity contribution in [2.24, 2.45) is 0 Å². The maximum atomic E-state index is 13.3. The summed E-state index contributed by atoms with van der Waals surface area (Å²) in [4.78, 5) is -0.101. The zero-order valence-electron chi connectivity index (χ0n) is 10.4. The van der Waals surface area contributed by atoms with E-state index in [9.17, 15) is 12.8 Å². The summed E-state index contributed by atoms with van der Waals surface area (Å²) in [5.41, 5.74) is 0.320. The Bertz CT molecular complexity index is 734. The predicted octanol–water partition coefficient (Wildman–Crippen LogP) is 3.29. The number of benzene rings is 2. The normalized spacial score (nSPS) is 11.2. The summed E-state index contributed by atoms with van der Waals surface area (Å²) in [7, 11) is -2.57. The van der Waals surface area contributed by atoms with E-state index in [4.69, 9.17) is 16.3 Å². The molecule has 0 aromatic heterocycles. The standard InChI is InChI=1S/C13H11ClFNO3S/c1-19-13-8-11(5-6-12(13)15)20(17,18)16-10-4-2-3-9(14)7-10/h2-8,16H,1H3. The molecule has 20 heavy (non-hydrogen) atoms. The van der Waals surface area contributed by atoms with Gasteiger partial charge >= 0.3 is 0 Å². The quantitative estimate of drug-likeness (QED) is 0.942. The third-order valence-electron chi connectivity index (χ3n) is 2.51. The average Bonchev–Trinajstić information content (AvgIpc) is 2.38. The average molecular weight is 316 g/mol. The number of anilines is 1. The van der Waals surface area contributed by atoms with Crippen LogP contribution in [-0.4, -0.2) is 15.5 Å². The highest BCUT2D eigenvalue weighted by atomic mass is 35.5. The van der Waals surface area contributed by atoms with Gasteiger partial charge in [-0.05, 0) is 30.3 Å². The molecular formula is C13H11ClFNO3S. The van der Waals surface area contributed by atoms with Crippen molar-refractivity contribution < 1.29 is 17.5 Å². The molecule has 7 heteroatoms. The van der Waals surface area contributed by atoms with Gasteiger partial charge in [-0.1, -0.05) is 17.7 Å². The van der Waals surface area contributed by atoms with E-state index in [1.165, 1.54) is 13.2 Å². The van der Waals surface area contributed by atoms with Crippen LogP contribution in [0.3, 0.4) is 0 Å². The van der Waals surface area contributed by atoms with Crippen molar-refractivity contribution in [3.8, 4) is 5.75 Å². The number of halogens is 2. The van der Waals surface area contributed by atoms with Crippen LogP contribution in [0, 0.1) is 5.82 Å². The molecule has 0 saturated carbocycles. The summed E-state index contributed by atoms with van der Waals surface area (Å²) < 4.78 is 44.7. The molecule has 0 radical (unpaired) electrons. The van der Waals surface area contributed by atoms with Crippen LogP contribution in [0.1, 0.15) is 0 Å². The lowest BCUT2D eigenvalue weighted by Crippen LogP contribution is -2.13. The molecular weight excluding hydrogens is 305 g/mol. The number of ether oxygens (including phenoxy) is 1. The maximum absolute atomic E-state index is 13.3. The molecule has 0 heterocycles. The molecule has 1 N–H and O–H groups in total. The van der Waals surface area contributed by atoms with Crippen molar-refractivity contribution in [3.63, 3.8) is 0 Å². The van der Waals surface area contributed by atoms with Gasteiger partial charge in [-0.25, -0.2) is 12.8 Å². The van der Waals surface area contributed by atoms with Crippen LogP contribution in [0.4, 0.5) is 10.1 Å². The lowest BCUT2D eigenvalue weighted by atomic mass is 10.3. The lowest BCUT2D eigenvalue weighted by Gasteiger charge is -2.10. The van der Waals surface area contributed by atoms with Gasteiger partial charge in [0.15, 0.2) is 11.6 Å². The zero-order valence-corrected chi connectivity index (χ0v) is 12.0. The van der Waals surface area contributed by atoms with E-state index in [0.29, 0.717) is 10.7 Å². The highest BCUT2D eigenvalue weighted by Gasteiger charge is 2.17. The molecule has 0 aliphatic heterocycles. The maximum Gasteiger partial charge on any atom is 0.262 e. The van der Waals surface area contributed by atoms with Crippen LogP contribution in [0.5, 0.6) is 5.75 Å². The van der Waals surface area contributed by atoms with E-state index in [1.54, 1.807) is 18.2 Å². The van der Waals surface area contributed by atoms with Gasteiger partial charge in [0.25, 0.3) is 10.0 Å². The Hall–Kier alpha value is -1.79. The first-order chi connectivity index (χ1) is 9.42. The Morgan fingerprint density at radius 3 is 2.60 bits per heavy atom. The summed E-state index contributed by atoms with van der Waals surface area (Å²) >= 11 is 5.78. The van der Waals surface area contributed by atoms with E-state index < -0.39 is 15.8 Å². The Morgan fingerprint density at radius 1 is 1.20 bits per heavy atom. The fraction of sp³-hybridized carbons (Fsp3) is 0.0769. The van der Waals surface area contributed by atoms with Crippen molar-refractivity contribution in [3.05, 3.63) is 53.3 Å². The fourth-order valence-corrected chi connectivity index (χ4v) is 2.83. The molecule has 0 unspecified atom stereocenters. The van der Waals surface area contributed by atoms with Crippen LogP contribution >= 0.6 is 11.6 Å². The minimum Gasteiger partial charge on any atom is -0.494 e.